The van der Waals surface area contributed by atoms with Crippen molar-refractivity contribution in [2.24, 2.45) is 0 Å². The van der Waals surface area contributed by atoms with Crippen molar-refractivity contribution in [1.29, 1.82) is 0 Å². The van der Waals surface area contributed by atoms with Gasteiger partial charge in [-0.1, -0.05) is 17.7 Å². The van der Waals surface area contributed by atoms with Gasteiger partial charge >= 0.3 is 0 Å². The minimum atomic E-state index is -0.135. The fourth-order valence-electron chi connectivity index (χ4n) is 2.59. The summed E-state index contributed by atoms with van der Waals surface area (Å²) in [6, 6.07) is 5.69. The van der Waals surface area contributed by atoms with Crippen molar-refractivity contribution >= 4 is 0 Å². The van der Waals surface area contributed by atoms with E-state index in [1.807, 2.05) is 19.1 Å². The number of fused-ring (bicyclic) bond motifs is 1. The molecule has 0 saturated carbocycles. The van der Waals surface area contributed by atoms with Gasteiger partial charge in [0.25, 0.3) is 0 Å². The van der Waals surface area contributed by atoms with Crippen LogP contribution in [0.4, 0.5) is 0 Å². The normalized spacial score (nSPS) is 36.9. The zero-order valence-electron chi connectivity index (χ0n) is 9.56. The van der Waals surface area contributed by atoms with Crippen molar-refractivity contribution in [1.82, 2.24) is 0 Å². The number of phenols is 1. The van der Waals surface area contributed by atoms with Gasteiger partial charge in [0.2, 0.25) is 0 Å². The maximum absolute atomic E-state index is 9.93. The van der Waals surface area contributed by atoms with Gasteiger partial charge in [0.15, 0.2) is 0 Å². The van der Waals surface area contributed by atoms with E-state index in [0.29, 0.717) is 19.0 Å². The second kappa shape index (κ2) is 3.22. The van der Waals surface area contributed by atoms with Crippen LogP contribution in [0.25, 0.3) is 0 Å². The van der Waals surface area contributed by atoms with Gasteiger partial charge in [-0.25, -0.2) is 0 Å². The van der Waals surface area contributed by atoms with Crippen molar-refractivity contribution in [2.75, 3.05) is 13.2 Å². The summed E-state index contributed by atoms with van der Waals surface area (Å²) in [6.45, 7) is 5.44. The Labute approximate surface area is 95.0 Å². The Balaban J connectivity index is 1.99. The van der Waals surface area contributed by atoms with Gasteiger partial charge in [-0.3, -0.25) is 0 Å². The summed E-state index contributed by atoms with van der Waals surface area (Å²) in [6.07, 6.45) is 0.200. The highest BCUT2D eigenvalue weighted by Crippen LogP contribution is 2.52. The van der Waals surface area contributed by atoms with E-state index in [-0.39, 0.29) is 17.6 Å². The number of hydrogen-bond donors (Lipinski definition) is 1. The highest BCUT2D eigenvalue weighted by atomic mass is 16.6. The molecule has 3 heteroatoms. The summed E-state index contributed by atoms with van der Waals surface area (Å²) in [7, 11) is 0. The van der Waals surface area contributed by atoms with E-state index >= 15 is 0 Å². The first kappa shape index (κ1) is 10.1. The molecule has 1 aromatic rings. The molecule has 2 aliphatic rings. The Morgan fingerprint density at radius 3 is 3.00 bits per heavy atom. The number of ether oxygens (including phenoxy) is 2. The van der Waals surface area contributed by atoms with Crippen LogP contribution in [0.3, 0.4) is 0 Å². The van der Waals surface area contributed by atoms with Gasteiger partial charge in [-0.2, -0.15) is 0 Å². The van der Waals surface area contributed by atoms with Crippen LogP contribution < -0.4 is 0 Å². The molecule has 0 bridgehead atoms. The van der Waals surface area contributed by atoms with E-state index in [0.717, 1.165) is 11.1 Å². The number of phenolic OH excluding ortho intramolecular Hbond substituents is 1. The molecule has 1 aromatic carbocycles. The molecule has 3 atom stereocenters. The maximum Gasteiger partial charge on any atom is 0.119 e. The first-order chi connectivity index (χ1) is 7.61. The van der Waals surface area contributed by atoms with Gasteiger partial charge in [0.1, 0.15) is 17.5 Å². The second-order valence-corrected chi connectivity index (χ2v) is 4.94. The molecule has 3 rings (SSSR count). The molecule has 0 spiro atoms. The van der Waals surface area contributed by atoms with Gasteiger partial charge in [0.05, 0.1) is 13.2 Å². The fraction of sp³-hybridized carbons (Fsp3) is 0.538. The minimum Gasteiger partial charge on any atom is -0.508 e. The minimum absolute atomic E-state index is 0.135. The third-order valence-electron chi connectivity index (χ3n) is 3.78. The maximum atomic E-state index is 9.93. The predicted molar refractivity (Wildman–Crippen MR) is 59.7 cm³/mol. The molecule has 2 aliphatic heterocycles. The molecule has 0 radical (unpaired) electrons. The van der Waals surface area contributed by atoms with Gasteiger partial charge in [-0.15, -0.1) is 0 Å². The number of benzene rings is 1. The van der Waals surface area contributed by atoms with Crippen molar-refractivity contribution in [2.45, 2.75) is 31.5 Å². The number of epoxide rings is 1. The topological polar surface area (TPSA) is 42.0 Å². The first-order valence-electron chi connectivity index (χ1n) is 5.66. The Kier molecular flexibility index (Phi) is 2.03. The van der Waals surface area contributed by atoms with Gasteiger partial charge < -0.3 is 14.6 Å². The zero-order valence-corrected chi connectivity index (χ0v) is 9.56. The monoisotopic (exact) mass is 220 g/mol. The van der Waals surface area contributed by atoms with Crippen LogP contribution in [0, 0.1) is 6.92 Å². The van der Waals surface area contributed by atoms with E-state index in [1.54, 1.807) is 6.07 Å². The van der Waals surface area contributed by atoms with E-state index in [4.69, 9.17) is 9.47 Å². The van der Waals surface area contributed by atoms with Crippen LogP contribution in [0.15, 0.2) is 18.2 Å². The molecule has 0 unspecified atom stereocenters. The predicted octanol–water partition coefficient (Wildman–Crippen LogP) is 1.97. The van der Waals surface area contributed by atoms with Gasteiger partial charge in [0, 0.05) is 11.5 Å². The number of aromatic hydroxyl groups is 1. The largest absolute Gasteiger partial charge is 0.508 e. The molecule has 1 N–H and O–H groups in total. The first-order valence-corrected chi connectivity index (χ1v) is 5.66. The van der Waals surface area contributed by atoms with E-state index in [9.17, 15) is 5.11 Å². The van der Waals surface area contributed by atoms with E-state index in [2.05, 4.69) is 6.92 Å². The summed E-state index contributed by atoms with van der Waals surface area (Å²) in [5, 5.41) is 9.93. The van der Waals surface area contributed by atoms with Crippen molar-refractivity contribution in [3.63, 3.8) is 0 Å². The summed E-state index contributed by atoms with van der Waals surface area (Å²) < 4.78 is 11.2. The third kappa shape index (κ3) is 1.35. The van der Waals surface area contributed by atoms with E-state index < -0.39 is 0 Å². The van der Waals surface area contributed by atoms with Crippen LogP contribution >= 0.6 is 0 Å². The quantitative estimate of drug-likeness (QED) is 0.736. The second-order valence-electron chi connectivity index (χ2n) is 4.94. The molecule has 0 amide bonds. The van der Waals surface area contributed by atoms with Crippen LogP contribution in [0.2, 0.25) is 0 Å². The smallest absolute Gasteiger partial charge is 0.119 e. The van der Waals surface area contributed by atoms with Crippen molar-refractivity contribution in [3.05, 3.63) is 29.3 Å². The molecular weight excluding hydrogens is 204 g/mol. The van der Waals surface area contributed by atoms with Crippen LogP contribution in [0.5, 0.6) is 5.75 Å². The standard InChI is InChI=1S/C13H16O3/c1-8-3-4-11(14)9(5-8)10-6-15-7-12-13(10,2)16-12/h3-5,10,12,14H,6-7H2,1-2H3/t10-,12-,13-/m0/s1. The molecule has 2 heterocycles. The van der Waals surface area contributed by atoms with E-state index in [1.165, 1.54) is 0 Å². The molecule has 2 fully saturated rings. The lowest BCUT2D eigenvalue weighted by Gasteiger charge is -2.26. The van der Waals surface area contributed by atoms with Crippen molar-refractivity contribution < 1.29 is 14.6 Å². The highest BCUT2D eigenvalue weighted by molar-refractivity contribution is 5.41. The van der Waals surface area contributed by atoms with Gasteiger partial charge in [-0.05, 0) is 19.9 Å². The number of aryl methyl sites for hydroxylation is 1. The Bertz CT molecular complexity index is 429. The molecule has 3 nitrogen and oxygen atoms in total. The SMILES string of the molecule is Cc1ccc(O)c([C@@H]2COC[C@@H]3O[C@]32C)c1. The molecule has 0 aromatic heterocycles. The lowest BCUT2D eigenvalue weighted by molar-refractivity contribution is 0.0829. The fourth-order valence-corrected chi connectivity index (χ4v) is 2.59. The summed E-state index contributed by atoms with van der Waals surface area (Å²) in [5.41, 5.74) is 1.97. The lowest BCUT2D eigenvalue weighted by Crippen LogP contribution is -2.32. The summed E-state index contributed by atoms with van der Waals surface area (Å²) in [4.78, 5) is 0. The van der Waals surface area contributed by atoms with Crippen molar-refractivity contribution in [3.8, 4) is 5.75 Å². The lowest BCUT2D eigenvalue weighted by atomic mass is 9.83. The molecule has 0 aliphatic carbocycles. The van der Waals surface area contributed by atoms with Crippen LogP contribution in [-0.4, -0.2) is 30.0 Å². The molecular formula is C13H16O3. The van der Waals surface area contributed by atoms with Crippen LogP contribution in [0.1, 0.15) is 24.0 Å². The highest BCUT2D eigenvalue weighted by Gasteiger charge is 2.60. The average Bonchev–Trinajstić information content (AvgIpc) is 2.93. The average molecular weight is 220 g/mol. The Morgan fingerprint density at radius 2 is 2.19 bits per heavy atom. The Hall–Kier alpha value is -1.06. The molecule has 86 valence electrons. The van der Waals surface area contributed by atoms with Crippen LogP contribution in [-0.2, 0) is 9.47 Å². The third-order valence-corrected chi connectivity index (χ3v) is 3.78. The Morgan fingerprint density at radius 1 is 1.38 bits per heavy atom. The number of hydrogen-bond acceptors (Lipinski definition) is 3. The summed E-state index contributed by atoms with van der Waals surface area (Å²) in [5.74, 6) is 0.489. The number of rotatable bonds is 1. The summed E-state index contributed by atoms with van der Waals surface area (Å²) >= 11 is 0. The zero-order chi connectivity index (χ0) is 11.3. The molecule has 2 saturated heterocycles. The molecule has 16 heavy (non-hydrogen) atoms.